The number of hydrogen-bond donors (Lipinski definition) is 0. The van der Waals surface area contributed by atoms with E-state index in [9.17, 15) is 4.39 Å². The van der Waals surface area contributed by atoms with Gasteiger partial charge in [-0.25, -0.2) is 4.98 Å². The molecule has 0 unspecified atom stereocenters. The van der Waals surface area contributed by atoms with E-state index in [0.29, 0.717) is 0 Å². The lowest BCUT2D eigenvalue weighted by atomic mass is 10.2. The molecule has 1 aliphatic heterocycles. The van der Waals surface area contributed by atoms with Crippen molar-refractivity contribution in [1.82, 2.24) is 4.98 Å². The van der Waals surface area contributed by atoms with Gasteiger partial charge in [-0.1, -0.05) is 12.1 Å². The Morgan fingerprint density at radius 3 is 2.20 bits per heavy atom. The summed E-state index contributed by atoms with van der Waals surface area (Å²) in [5.41, 5.74) is 3.47. The number of piperazine rings is 1. The van der Waals surface area contributed by atoms with Crippen LogP contribution in [0.25, 0.3) is 0 Å². The molecule has 0 amide bonds. The van der Waals surface area contributed by atoms with Crippen LogP contribution in [0.3, 0.4) is 0 Å². The average molecular weight is 271 g/mol. The summed E-state index contributed by atoms with van der Waals surface area (Å²) >= 11 is 0. The lowest BCUT2D eigenvalue weighted by Gasteiger charge is -2.37. The molecule has 4 heteroatoms. The van der Waals surface area contributed by atoms with E-state index in [1.54, 1.807) is 0 Å². The maximum atomic E-state index is 13.2. The number of rotatable bonds is 2. The second-order valence-corrected chi connectivity index (χ2v) is 5.15. The van der Waals surface area contributed by atoms with Crippen LogP contribution in [0.1, 0.15) is 5.56 Å². The van der Waals surface area contributed by atoms with E-state index in [1.807, 2.05) is 6.07 Å². The molecule has 1 aromatic heterocycles. The highest BCUT2D eigenvalue weighted by molar-refractivity contribution is 5.52. The predicted molar refractivity (Wildman–Crippen MR) is 79.8 cm³/mol. The van der Waals surface area contributed by atoms with Gasteiger partial charge in [-0.3, -0.25) is 0 Å². The second kappa shape index (κ2) is 5.49. The van der Waals surface area contributed by atoms with Crippen LogP contribution in [-0.2, 0) is 0 Å². The van der Waals surface area contributed by atoms with Crippen LogP contribution in [-0.4, -0.2) is 31.2 Å². The Labute approximate surface area is 118 Å². The Kier molecular flexibility index (Phi) is 3.54. The van der Waals surface area contributed by atoms with Crippen molar-refractivity contribution in [3.63, 3.8) is 0 Å². The van der Waals surface area contributed by atoms with Crippen molar-refractivity contribution in [3.8, 4) is 0 Å². The van der Waals surface area contributed by atoms with E-state index in [2.05, 4.69) is 46.0 Å². The van der Waals surface area contributed by atoms with Crippen LogP contribution >= 0.6 is 0 Å². The lowest BCUT2D eigenvalue weighted by molar-refractivity contribution is 0.580. The first-order valence-corrected chi connectivity index (χ1v) is 6.90. The highest BCUT2D eigenvalue weighted by Crippen LogP contribution is 2.21. The van der Waals surface area contributed by atoms with Gasteiger partial charge in [-0.05, 0) is 30.7 Å². The van der Waals surface area contributed by atoms with Gasteiger partial charge in [0.2, 0.25) is 5.95 Å². The smallest absolute Gasteiger partial charge is 0.214 e. The van der Waals surface area contributed by atoms with Gasteiger partial charge in [0.1, 0.15) is 0 Å². The zero-order valence-electron chi connectivity index (χ0n) is 11.6. The van der Waals surface area contributed by atoms with Crippen molar-refractivity contribution in [2.45, 2.75) is 6.92 Å². The Morgan fingerprint density at radius 2 is 1.60 bits per heavy atom. The third-order valence-corrected chi connectivity index (χ3v) is 3.72. The molecule has 0 atom stereocenters. The number of benzene rings is 1. The molecule has 0 spiro atoms. The molecule has 0 N–H and O–H groups in total. The molecular formula is C16H18FN3. The third-order valence-electron chi connectivity index (χ3n) is 3.72. The molecule has 104 valence electrons. The molecular weight excluding hydrogens is 253 g/mol. The number of aromatic nitrogens is 1. The van der Waals surface area contributed by atoms with Gasteiger partial charge in [0.05, 0.1) is 0 Å². The summed E-state index contributed by atoms with van der Waals surface area (Å²) in [5.74, 6) is -0.413. The average Bonchev–Trinajstić information content (AvgIpc) is 2.47. The quantitative estimate of drug-likeness (QED) is 0.783. The maximum Gasteiger partial charge on any atom is 0.214 e. The number of pyridine rings is 1. The fourth-order valence-electron chi connectivity index (χ4n) is 2.64. The van der Waals surface area contributed by atoms with Gasteiger partial charge in [-0.2, -0.15) is 4.39 Å². The first kappa shape index (κ1) is 12.9. The second-order valence-electron chi connectivity index (χ2n) is 5.15. The summed E-state index contributed by atoms with van der Waals surface area (Å²) in [6.45, 7) is 5.81. The Balaban J connectivity index is 1.68. The minimum absolute atomic E-state index is 0.413. The van der Waals surface area contributed by atoms with Gasteiger partial charge in [-0.15, -0.1) is 0 Å². The highest BCUT2D eigenvalue weighted by Gasteiger charge is 2.17. The number of aryl methyl sites for hydroxylation is 1. The summed E-state index contributed by atoms with van der Waals surface area (Å²) in [4.78, 5) is 8.18. The highest BCUT2D eigenvalue weighted by atomic mass is 19.1. The summed E-state index contributed by atoms with van der Waals surface area (Å²) in [5, 5.41) is 0. The van der Waals surface area contributed by atoms with E-state index in [-0.39, 0.29) is 0 Å². The first-order valence-electron chi connectivity index (χ1n) is 6.90. The fourth-order valence-corrected chi connectivity index (χ4v) is 2.64. The Hall–Kier alpha value is -2.10. The molecule has 3 nitrogen and oxygen atoms in total. The number of halogens is 1. The number of anilines is 2. The zero-order valence-corrected chi connectivity index (χ0v) is 11.6. The van der Waals surface area contributed by atoms with Crippen LogP contribution in [0, 0.1) is 12.9 Å². The van der Waals surface area contributed by atoms with Gasteiger partial charge < -0.3 is 9.80 Å². The van der Waals surface area contributed by atoms with Crippen molar-refractivity contribution >= 4 is 11.4 Å². The van der Waals surface area contributed by atoms with E-state index in [4.69, 9.17) is 0 Å². The molecule has 0 radical (unpaired) electrons. The monoisotopic (exact) mass is 271 g/mol. The van der Waals surface area contributed by atoms with Crippen LogP contribution in [0.15, 0.2) is 42.6 Å². The summed E-state index contributed by atoms with van der Waals surface area (Å²) < 4.78 is 13.2. The first-order chi connectivity index (χ1) is 9.72. The largest absolute Gasteiger partial charge is 0.368 e. The van der Waals surface area contributed by atoms with Crippen LogP contribution in [0.5, 0.6) is 0 Å². The molecule has 0 bridgehead atoms. The SMILES string of the molecule is Cc1cccc(N2CCN(c3ccnc(F)c3)CC2)c1. The summed E-state index contributed by atoms with van der Waals surface area (Å²) in [6, 6.07) is 11.9. The van der Waals surface area contributed by atoms with Gasteiger partial charge in [0.15, 0.2) is 0 Å². The molecule has 1 fully saturated rings. The molecule has 1 saturated heterocycles. The topological polar surface area (TPSA) is 19.4 Å². The van der Waals surface area contributed by atoms with E-state index < -0.39 is 5.95 Å². The van der Waals surface area contributed by atoms with Gasteiger partial charge in [0, 0.05) is 49.8 Å². The standard InChI is InChI=1S/C16H18FN3/c1-13-3-2-4-14(11-13)19-7-9-20(10-8-19)15-5-6-18-16(17)12-15/h2-6,11-12H,7-10H2,1H3. The summed E-state index contributed by atoms with van der Waals surface area (Å²) in [6.07, 6.45) is 1.53. The molecule has 2 aromatic rings. The normalized spacial score (nSPS) is 15.5. The number of nitrogens with zero attached hydrogens (tertiary/aromatic N) is 3. The van der Waals surface area contributed by atoms with Crippen molar-refractivity contribution in [3.05, 3.63) is 54.1 Å². The van der Waals surface area contributed by atoms with Crippen LogP contribution in [0.2, 0.25) is 0 Å². The molecule has 0 aliphatic carbocycles. The Bertz CT molecular complexity index is 538. The number of hydrogen-bond acceptors (Lipinski definition) is 3. The molecule has 0 saturated carbocycles. The van der Waals surface area contributed by atoms with Gasteiger partial charge >= 0.3 is 0 Å². The third kappa shape index (κ3) is 2.74. The van der Waals surface area contributed by atoms with Crippen molar-refractivity contribution in [2.75, 3.05) is 36.0 Å². The van der Waals surface area contributed by atoms with Crippen molar-refractivity contribution in [2.24, 2.45) is 0 Å². The van der Waals surface area contributed by atoms with Crippen LogP contribution < -0.4 is 9.80 Å². The lowest BCUT2D eigenvalue weighted by Crippen LogP contribution is -2.46. The molecule has 1 aliphatic rings. The van der Waals surface area contributed by atoms with Crippen molar-refractivity contribution in [1.29, 1.82) is 0 Å². The fraction of sp³-hybridized carbons (Fsp3) is 0.312. The molecule has 3 rings (SSSR count). The summed E-state index contributed by atoms with van der Waals surface area (Å²) in [7, 11) is 0. The Morgan fingerprint density at radius 1 is 0.950 bits per heavy atom. The van der Waals surface area contributed by atoms with E-state index in [0.717, 1.165) is 31.9 Å². The van der Waals surface area contributed by atoms with Gasteiger partial charge in [0.25, 0.3) is 0 Å². The maximum absolute atomic E-state index is 13.2. The zero-order chi connectivity index (χ0) is 13.9. The molecule has 2 heterocycles. The molecule has 1 aromatic carbocycles. The van der Waals surface area contributed by atoms with E-state index >= 15 is 0 Å². The van der Waals surface area contributed by atoms with Crippen molar-refractivity contribution < 1.29 is 4.39 Å². The minimum Gasteiger partial charge on any atom is -0.368 e. The van der Waals surface area contributed by atoms with Crippen LogP contribution in [0.4, 0.5) is 15.8 Å². The van der Waals surface area contributed by atoms with E-state index in [1.165, 1.54) is 23.5 Å². The predicted octanol–water partition coefficient (Wildman–Crippen LogP) is 2.86. The molecule has 20 heavy (non-hydrogen) atoms. The minimum atomic E-state index is -0.413.